The van der Waals surface area contributed by atoms with Crippen LogP contribution in [0.4, 0.5) is 11.4 Å². The molecule has 0 radical (unpaired) electrons. The Hall–Kier alpha value is -3.56. The third-order valence-corrected chi connectivity index (χ3v) is 7.13. The summed E-state index contributed by atoms with van der Waals surface area (Å²) in [4.78, 5) is 25.0. The minimum absolute atomic E-state index is 0.0923. The monoisotopic (exact) mass is 486 g/mol. The number of hydrogen-bond donors (Lipinski definition) is 1. The van der Waals surface area contributed by atoms with Gasteiger partial charge in [-0.3, -0.25) is 9.10 Å². The van der Waals surface area contributed by atoms with Crippen molar-refractivity contribution < 1.29 is 27.5 Å². The number of hydrogen-bond acceptors (Lipinski definition) is 6. The van der Waals surface area contributed by atoms with Gasteiger partial charge in [-0.15, -0.1) is 0 Å². The number of ether oxygens (including phenoxy) is 2. The van der Waals surface area contributed by atoms with Crippen LogP contribution in [0.3, 0.4) is 0 Å². The zero-order valence-electron chi connectivity index (χ0n) is 17.4. The van der Waals surface area contributed by atoms with E-state index in [0.29, 0.717) is 5.69 Å². The smallest absolute Gasteiger partial charge is 0.337 e. The first-order valence-electron chi connectivity index (χ1n) is 9.83. The highest BCUT2D eigenvalue weighted by molar-refractivity contribution is 7.92. The SMILES string of the molecule is COC(=O)c1ccc(Cl)c(NC(=O)[C@H]2CN(S(=O)(=O)c3ccccc3)c3ccccc3O2)c1. The molecule has 0 saturated carbocycles. The van der Waals surface area contributed by atoms with Crippen molar-refractivity contribution in [1.29, 1.82) is 0 Å². The summed E-state index contributed by atoms with van der Waals surface area (Å²) in [5, 5.41) is 2.81. The molecule has 1 atom stereocenters. The number of methoxy groups -OCH3 is 1. The van der Waals surface area contributed by atoms with Gasteiger partial charge in [0, 0.05) is 0 Å². The molecule has 33 heavy (non-hydrogen) atoms. The Morgan fingerprint density at radius 1 is 1.06 bits per heavy atom. The van der Waals surface area contributed by atoms with E-state index in [2.05, 4.69) is 5.32 Å². The molecule has 3 aromatic carbocycles. The molecule has 0 bridgehead atoms. The first-order chi connectivity index (χ1) is 15.8. The number of esters is 1. The van der Waals surface area contributed by atoms with E-state index in [-0.39, 0.29) is 33.5 Å². The second-order valence-corrected chi connectivity index (χ2v) is 9.37. The van der Waals surface area contributed by atoms with Gasteiger partial charge in [0.2, 0.25) is 0 Å². The van der Waals surface area contributed by atoms with Gasteiger partial charge in [0.25, 0.3) is 15.9 Å². The Morgan fingerprint density at radius 3 is 2.48 bits per heavy atom. The highest BCUT2D eigenvalue weighted by Crippen LogP contribution is 2.37. The van der Waals surface area contributed by atoms with E-state index < -0.39 is 28.0 Å². The lowest BCUT2D eigenvalue weighted by atomic mass is 10.2. The molecule has 1 aliphatic rings. The molecule has 0 spiro atoms. The molecule has 1 aliphatic heterocycles. The van der Waals surface area contributed by atoms with Crippen molar-refractivity contribution in [3.05, 3.63) is 83.4 Å². The Bertz CT molecular complexity index is 1310. The van der Waals surface area contributed by atoms with Crippen LogP contribution in [0.5, 0.6) is 5.75 Å². The lowest BCUT2D eigenvalue weighted by Gasteiger charge is -2.34. The topological polar surface area (TPSA) is 102 Å². The number of nitrogens with zero attached hydrogens (tertiary/aromatic N) is 1. The zero-order valence-corrected chi connectivity index (χ0v) is 19.0. The van der Waals surface area contributed by atoms with Crippen LogP contribution < -0.4 is 14.4 Å². The van der Waals surface area contributed by atoms with Crippen molar-refractivity contribution in [2.24, 2.45) is 0 Å². The Balaban J connectivity index is 1.65. The van der Waals surface area contributed by atoms with Crippen LogP contribution in [0.25, 0.3) is 0 Å². The summed E-state index contributed by atoms with van der Waals surface area (Å²) in [6.07, 6.45) is -1.17. The molecule has 3 aromatic rings. The van der Waals surface area contributed by atoms with Crippen molar-refractivity contribution in [2.45, 2.75) is 11.0 Å². The van der Waals surface area contributed by atoms with Crippen LogP contribution >= 0.6 is 11.6 Å². The number of rotatable bonds is 5. The van der Waals surface area contributed by atoms with Crippen LogP contribution in [0.1, 0.15) is 10.4 Å². The molecule has 0 aliphatic carbocycles. The van der Waals surface area contributed by atoms with Crippen LogP contribution in [0.15, 0.2) is 77.7 Å². The summed E-state index contributed by atoms with van der Waals surface area (Å²) in [7, 11) is -2.72. The molecule has 0 unspecified atom stereocenters. The van der Waals surface area contributed by atoms with Crippen LogP contribution in [-0.2, 0) is 19.6 Å². The summed E-state index contributed by atoms with van der Waals surface area (Å²) in [6, 6.07) is 18.8. The number of sulfonamides is 1. The fourth-order valence-corrected chi connectivity index (χ4v) is 5.03. The number of fused-ring (bicyclic) bond motifs is 1. The number of amides is 1. The van der Waals surface area contributed by atoms with Gasteiger partial charge in [-0.1, -0.05) is 41.9 Å². The van der Waals surface area contributed by atoms with Crippen molar-refractivity contribution >= 4 is 44.9 Å². The first-order valence-corrected chi connectivity index (χ1v) is 11.7. The maximum Gasteiger partial charge on any atom is 0.337 e. The van der Waals surface area contributed by atoms with Crippen molar-refractivity contribution in [1.82, 2.24) is 0 Å². The fraction of sp³-hybridized carbons (Fsp3) is 0.130. The predicted octanol–water partition coefficient (Wildman–Crippen LogP) is 3.72. The van der Waals surface area contributed by atoms with Gasteiger partial charge in [-0.25, -0.2) is 13.2 Å². The number of carbonyl (C=O) groups excluding carboxylic acids is 2. The molecule has 4 rings (SSSR count). The minimum Gasteiger partial charge on any atom is -0.476 e. The van der Waals surface area contributed by atoms with Crippen molar-refractivity contribution in [2.75, 3.05) is 23.3 Å². The molecule has 10 heteroatoms. The standard InChI is InChI=1S/C23H19ClN2O6S/c1-31-23(28)15-11-12-17(24)18(13-15)25-22(27)21-14-26(19-9-5-6-10-20(19)32-21)33(29,30)16-7-3-2-4-8-16/h2-13,21H,14H2,1H3,(H,25,27)/t21-/m1/s1. The second-order valence-electron chi connectivity index (χ2n) is 7.10. The third kappa shape index (κ3) is 4.50. The molecule has 170 valence electrons. The molecule has 0 saturated heterocycles. The maximum absolute atomic E-state index is 13.3. The van der Waals surface area contributed by atoms with E-state index in [1.807, 2.05) is 0 Å². The highest BCUT2D eigenvalue weighted by atomic mass is 35.5. The molecule has 1 N–H and O–H groups in total. The Kier molecular flexibility index (Phi) is 6.26. The van der Waals surface area contributed by atoms with E-state index in [1.54, 1.807) is 42.5 Å². The third-order valence-electron chi connectivity index (χ3n) is 5.00. The normalized spacial score (nSPS) is 15.2. The summed E-state index contributed by atoms with van der Waals surface area (Å²) in [5.41, 5.74) is 0.695. The minimum atomic E-state index is -3.96. The van der Waals surface area contributed by atoms with Gasteiger partial charge in [0.15, 0.2) is 6.10 Å². The zero-order chi connectivity index (χ0) is 23.6. The quantitative estimate of drug-likeness (QED) is 0.551. The summed E-state index contributed by atoms with van der Waals surface area (Å²) < 4.78 is 38.4. The molecular formula is C23H19ClN2O6S. The molecule has 0 fully saturated rings. The van der Waals surface area contributed by atoms with Crippen LogP contribution in [0, 0.1) is 0 Å². The van der Waals surface area contributed by atoms with E-state index in [1.165, 1.54) is 37.4 Å². The number of nitrogens with one attached hydrogen (secondary N) is 1. The average molecular weight is 487 g/mol. The number of carbonyl (C=O) groups is 2. The van der Waals surface area contributed by atoms with Gasteiger partial charge >= 0.3 is 5.97 Å². The second kappa shape index (κ2) is 9.13. The predicted molar refractivity (Wildman–Crippen MR) is 123 cm³/mol. The Morgan fingerprint density at radius 2 is 1.76 bits per heavy atom. The summed E-state index contributed by atoms with van der Waals surface area (Å²) in [6.45, 7) is -0.256. The Labute approximate surface area is 195 Å². The summed E-state index contributed by atoms with van der Waals surface area (Å²) >= 11 is 6.18. The highest BCUT2D eigenvalue weighted by Gasteiger charge is 2.37. The average Bonchev–Trinajstić information content (AvgIpc) is 2.84. The van der Waals surface area contributed by atoms with Crippen molar-refractivity contribution in [3.8, 4) is 5.75 Å². The lowest BCUT2D eigenvalue weighted by molar-refractivity contribution is -0.122. The van der Waals surface area contributed by atoms with Crippen LogP contribution in [-0.4, -0.2) is 40.1 Å². The molecule has 1 amide bonds. The maximum atomic E-state index is 13.3. The summed E-state index contributed by atoms with van der Waals surface area (Å²) in [5.74, 6) is -0.968. The number of benzene rings is 3. The number of halogens is 1. The lowest BCUT2D eigenvalue weighted by Crippen LogP contribution is -2.48. The number of anilines is 2. The largest absolute Gasteiger partial charge is 0.476 e. The molecular weight excluding hydrogens is 468 g/mol. The van der Waals surface area contributed by atoms with Gasteiger partial charge in [-0.05, 0) is 42.5 Å². The number of para-hydroxylation sites is 2. The molecule has 8 nitrogen and oxygen atoms in total. The first kappa shape index (κ1) is 22.6. The molecule has 0 aromatic heterocycles. The van der Waals surface area contributed by atoms with Gasteiger partial charge < -0.3 is 14.8 Å². The van der Waals surface area contributed by atoms with Gasteiger partial charge in [0.05, 0.1) is 40.5 Å². The van der Waals surface area contributed by atoms with Crippen LogP contribution in [0.2, 0.25) is 5.02 Å². The van der Waals surface area contributed by atoms with E-state index in [4.69, 9.17) is 21.1 Å². The molecule has 1 heterocycles. The van der Waals surface area contributed by atoms with E-state index in [0.717, 1.165) is 4.31 Å². The van der Waals surface area contributed by atoms with E-state index >= 15 is 0 Å². The fourth-order valence-electron chi connectivity index (χ4n) is 3.37. The van der Waals surface area contributed by atoms with Gasteiger partial charge in [-0.2, -0.15) is 0 Å². The van der Waals surface area contributed by atoms with Crippen molar-refractivity contribution in [3.63, 3.8) is 0 Å². The van der Waals surface area contributed by atoms with Gasteiger partial charge in [0.1, 0.15) is 5.75 Å². The van der Waals surface area contributed by atoms with E-state index in [9.17, 15) is 18.0 Å².